The molecule has 0 aromatic heterocycles. The van der Waals surface area contributed by atoms with Crippen LogP contribution in [0.2, 0.25) is 0 Å². The third kappa shape index (κ3) is 3.89. The van der Waals surface area contributed by atoms with Crippen LogP contribution in [0, 0.1) is 11.7 Å². The molecular formula is C21H30FN2O3+. The van der Waals surface area contributed by atoms with Gasteiger partial charge in [-0.05, 0) is 25.0 Å². The minimum absolute atomic E-state index is 0.0367. The molecule has 0 bridgehead atoms. The summed E-state index contributed by atoms with van der Waals surface area (Å²) in [6.45, 7) is 3.71. The van der Waals surface area contributed by atoms with Crippen molar-refractivity contribution in [1.29, 1.82) is 0 Å². The Morgan fingerprint density at radius 3 is 2.70 bits per heavy atom. The Morgan fingerprint density at radius 2 is 1.96 bits per heavy atom. The van der Waals surface area contributed by atoms with Crippen molar-refractivity contribution in [1.82, 2.24) is 4.90 Å². The van der Waals surface area contributed by atoms with Crippen LogP contribution in [0.25, 0.3) is 0 Å². The van der Waals surface area contributed by atoms with E-state index in [9.17, 15) is 14.3 Å². The number of nitrogens with zero attached hydrogens (tertiary/aromatic N) is 1. The van der Waals surface area contributed by atoms with Crippen LogP contribution in [-0.4, -0.2) is 60.9 Å². The normalized spacial score (nSPS) is 34.1. The Morgan fingerprint density at radius 1 is 1.22 bits per heavy atom. The van der Waals surface area contributed by atoms with Crippen molar-refractivity contribution in [2.45, 2.75) is 43.7 Å². The minimum atomic E-state index is -0.650. The molecule has 2 N–H and O–H groups in total. The van der Waals surface area contributed by atoms with Crippen LogP contribution in [0.5, 0.6) is 0 Å². The number of morpholine rings is 1. The molecular weight excluding hydrogens is 347 g/mol. The van der Waals surface area contributed by atoms with Gasteiger partial charge in [-0.15, -0.1) is 0 Å². The van der Waals surface area contributed by atoms with E-state index in [0.29, 0.717) is 32.8 Å². The zero-order valence-electron chi connectivity index (χ0n) is 15.8. The monoisotopic (exact) mass is 377 g/mol. The summed E-state index contributed by atoms with van der Waals surface area (Å²) in [7, 11) is 0. The Bertz CT molecular complexity index is 662. The van der Waals surface area contributed by atoms with Gasteiger partial charge < -0.3 is 19.6 Å². The number of ether oxygens (including phenoxy) is 1. The number of amides is 1. The number of piperidine rings is 1. The van der Waals surface area contributed by atoms with E-state index in [1.165, 1.54) is 17.0 Å². The molecule has 4 atom stereocenters. The van der Waals surface area contributed by atoms with E-state index in [2.05, 4.69) is 0 Å². The van der Waals surface area contributed by atoms with Crippen LogP contribution in [0.1, 0.15) is 43.7 Å². The fourth-order valence-corrected chi connectivity index (χ4v) is 5.31. The number of nitrogens with one attached hydrogen (secondary N) is 1. The number of quaternary nitrogens is 1. The lowest BCUT2D eigenvalue weighted by Crippen LogP contribution is -3.16. The average molecular weight is 377 g/mol. The van der Waals surface area contributed by atoms with Crippen LogP contribution in [0.3, 0.4) is 0 Å². The second kappa shape index (κ2) is 7.86. The number of rotatable bonds is 3. The summed E-state index contributed by atoms with van der Waals surface area (Å²) in [5.74, 6) is 0.0269. The minimum Gasteiger partial charge on any atom is -0.389 e. The van der Waals surface area contributed by atoms with E-state index in [4.69, 9.17) is 4.74 Å². The van der Waals surface area contributed by atoms with Gasteiger partial charge in [-0.1, -0.05) is 25.0 Å². The lowest BCUT2D eigenvalue weighted by molar-refractivity contribution is -0.938. The molecule has 1 aliphatic carbocycles. The SMILES string of the molecule is O=C(C[NH+]1CC[C@@]2(O)CCCC[C@H]2[C@@H]1c1ccc(F)cc1)N1CCOCC1. The van der Waals surface area contributed by atoms with Crippen LogP contribution < -0.4 is 4.90 Å². The maximum atomic E-state index is 13.5. The van der Waals surface area contributed by atoms with E-state index in [1.54, 1.807) is 0 Å². The maximum Gasteiger partial charge on any atom is 0.277 e. The largest absolute Gasteiger partial charge is 0.389 e. The quantitative estimate of drug-likeness (QED) is 0.824. The molecule has 3 fully saturated rings. The lowest BCUT2D eigenvalue weighted by Gasteiger charge is -2.50. The number of hydrogen-bond acceptors (Lipinski definition) is 3. The Balaban J connectivity index is 1.58. The van der Waals surface area contributed by atoms with Crippen molar-refractivity contribution in [3.63, 3.8) is 0 Å². The molecule has 4 rings (SSSR count). The Hall–Kier alpha value is -1.50. The van der Waals surface area contributed by atoms with Crippen molar-refractivity contribution < 1.29 is 23.9 Å². The van der Waals surface area contributed by atoms with Gasteiger partial charge in [0.2, 0.25) is 0 Å². The lowest BCUT2D eigenvalue weighted by atomic mass is 9.66. The molecule has 1 amide bonds. The topological polar surface area (TPSA) is 54.2 Å². The summed E-state index contributed by atoms with van der Waals surface area (Å²) in [6.07, 6.45) is 4.70. The summed E-state index contributed by atoms with van der Waals surface area (Å²) in [5, 5.41) is 11.3. The molecule has 1 saturated carbocycles. The summed E-state index contributed by atoms with van der Waals surface area (Å²) >= 11 is 0. The highest BCUT2D eigenvalue weighted by Crippen LogP contribution is 2.44. The van der Waals surface area contributed by atoms with Crippen molar-refractivity contribution in [2.75, 3.05) is 39.4 Å². The Labute approximate surface area is 160 Å². The summed E-state index contributed by atoms with van der Waals surface area (Å²) < 4.78 is 18.8. The molecule has 27 heavy (non-hydrogen) atoms. The van der Waals surface area contributed by atoms with Gasteiger partial charge in [0.25, 0.3) is 5.91 Å². The van der Waals surface area contributed by atoms with E-state index in [0.717, 1.165) is 44.2 Å². The van der Waals surface area contributed by atoms with Crippen molar-refractivity contribution in [3.05, 3.63) is 35.6 Å². The van der Waals surface area contributed by atoms with Crippen molar-refractivity contribution in [3.8, 4) is 0 Å². The molecule has 1 unspecified atom stereocenters. The molecule has 2 heterocycles. The zero-order chi connectivity index (χ0) is 18.9. The summed E-state index contributed by atoms with van der Waals surface area (Å²) in [5.41, 5.74) is 0.384. The first-order chi connectivity index (χ1) is 13.1. The van der Waals surface area contributed by atoms with Crippen LogP contribution in [0.4, 0.5) is 4.39 Å². The number of fused-ring (bicyclic) bond motifs is 1. The average Bonchev–Trinajstić information content (AvgIpc) is 2.69. The van der Waals surface area contributed by atoms with Gasteiger partial charge in [0.05, 0.1) is 25.4 Å². The highest BCUT2D eigenvalue weighted by atomic mass is 19.1. The third-order valence-electron chi connectivity index (χ3n) is 6.76. The first kappa shape index (κ1) is 18.8. The number of benzene rings is 1. The zero-order valence-corrected chi connectivity index (χ0v) is 15.8. The first-order valence-corrected chi connectivity index (χ1v) is 10.2. The molecule has 3 aliphatic rings. The van der Waals surface area contributed by atoms with Crippen molar-refractivity contribution >= 4 is 5.91 Å². The number of hydrogen-bond donors (Lipinski definition) is 2. The second-order valence-corrected chi connectivity index (χ2v) is 8.31. The van der Waals surface area contributed by atoms with Gasteiger partial charge >= 0.3 is 0 Å². The number of halogens is 1. The number of carbonyl (C=O) groups is 1. The van der Waals surface area contributed by atoms with Gasteiger partial charge in [-0.3, -0.25) is 4.79 Å². The molecule has 1 aromatic rings. The highest BCUT2D eigenvalue weighted by Gasteiger charge is 2.52. The summed E-state index contributed by atoms with van der Waals surface area (Å²) in [6, 6.07) is 6.69. The molecule has 5 nitrogen and oxygen atoms in total. The predicted molar refractivity (Wildman–Crippen MR) is 98.8 cm³/mol. The van der Waals surface area contributed by atoms with E-state index >= 15 is 0 Å². The summed E-state index contributed by atoms with van der Waals surface area (Å²) in [4.78, 5) is 16.0. The second-order valence-electron chi connectivity index (χ2n) is 8.31. The highest BCUT2D eigenvalue weighted by molar-refractivity contribution is 5.77. The van der Waals surface area contributed by atoms with Gasteiger partial charge in [0, 0.05) is 31.0 Å². The molecule has 148 valence electrons. The van der Waals surface area contributed by atoms with Crippen LogP contribution in [0.15, 0.2) is 24.3 Å². The molecule has 0 radical (unpaired) electrons. The first-order valence-electron chi connectivity index (χ1n) is 10.2. The maximum absolute atomic E-state index is 13.5. The fourth-order valence-electron chi connectivity index (χ4n) is 5.31. The number of likely N-dealkylation sites (tertiary alicyclic amines) is 1. The van der Waals surface area contributed by atoms with Crippen LogP contribution >= 0.6 is 0 Å². The molecule has 2 saturated heterocycles. The van der Waals surface area contributed by atoms with E-state index in [1.807, 2.05) is 17.0 Å². The fraction of sp³-hybridized carbons (Fsp3) is 0.667. The molecule has 2 aliphatic heterocycles. The van der Waals surface area contributed by atoms with Gasteiger partial charge in [0.15, 0.2) is 6.54 Å². The Kier molecular flexibility index (Phi) is 5.48. The van der Waals surface area contributed by atoms with Gasteiger partial charge in [-0.2, -0.15) is 0 Å². The standard InChI is InChI=1S/C21H29FN2O3/c22-17-6-4-16(5-7-17)20-18-3-1-2-8-21(18,26)9-10-24(20)15-19(25)23-11-13-27-14-12-23/h4-7,18,20,26H,1-3,8-15H2/p+1/t18-,20-,21-/m0/s1. The number of carbonyl (C=O) groups excluding carboxylic acids is 1. The van der Waals surface area contributed by atoms with Gasteiger partial charge in [-0.25, -0.2) is 4.39 Å². The number of aliphatic hydroxyl groups is 1. The van der Waals surface area contributed by atoms with Crippen molar-refractivity contribution in [2.24, 2.45) is 5.92 Å². The predicted octanol–water partition coefficient (Wildman–Crippen LogP) is 0.936. The molecule has 1 aromatic carbocycles. The van der Waals surface area contributed by atoms with Gasteiger partial charge in [0.1, 0.15) is 11.9 Å². The molecule has 0 spiro atoms. The molecule has 6 heteroatoms. The van der Waals surface area contributed by atoms with E-state index in [-0.39, 0.29) is 23.7 Å². The van der Waals surface area contributed by atoms with Crippen LogP contribution in [-0.2, 0) is 9.53 Å². The smallest absolute Gasteiger partial charge is 0.277 e. The third-order valence-corrected chi connectivity index (χ3v) is 6.76. The van der Waals surface area contributed by atoms with E-state index < -0.39 is 5.60 Å².